The molecular formula is C18H20N6O3S. The number of pyridine rings is 3. The van der Waals surface area contributed by atoms with Gasteiger partial charge in [0.1, 0.15) is 11.6 Å². The quantitative estimate of drug-likeness (QED) is 0.681. The number of aryl methyl sites for hydroxylation is 1. The zero-order chi connectivity index (χ0) is 19.7. The SMILES string of the molecule is Cc1ccncc1-c1cc2cc(NS(=O)(=O)N3CCOCC3)ncc2c(N)n1. The Balaban J connectivity index is 1.71. The second-order valence-corrected chi connectivity index (χ2v) is 8.16. The van der Waals surface area contributed by atoms with Crippen LogP contribution < -0.4 is 10.5 Å². The van der Waals surface area contributed by atoms with E-state index >= 15 is 0 Å². The highest BCUT2D eigenvalue weighted by Gasteiger charge is 2.24. The van der Waals surface area contributed by atoms with Crippen molar-refractivity contribution in [2.24, 2.45) is 0 Å². The molecule has 0 spiro atoms. The van der Waals surface area contributed by atoms with Gasteiger partial charge >= 0.3 is 10.2 Å². The Labute approximate surface area is 162 Å². The first-order chi connectivity index (χ1) is 13.4. The molecule has 0 amide bonds. The molecule has 28 heavy (non-hydrogen) atoms. The summed E-state index contributed by atoms with van der Waals surface area (Å²) in [5.74, 6) is 0.546. The fraction of sp³-hybridized carbons (Fsp3) is 0.278. The summed E-state index contributed by atoms with van der Waals surface area (Å²) in [7, 11) is -3.70. The van der Waals surface area contributed by atoms with Crippen molar-refractivity contribution in [3.63, 3.8) is 0 Å². The van der Waals surface area contributed by atoms with E-state index in [9.17, 15) is 8.42 Å². The van der Waals surface area contributed by atoms with Crippen molar-refractivity contribution in [1.82, 2.24) is 19.3 Å². The lowest BCUT2D eigenvalue weighted by molar-refractivity contribution is 0.0733. The first-order valence-electron chi connectivity index (χ1n) is 8.77. The van der Waals surface area contributed by atoms with Crippen molar-refractivity contribution in [3.05, 3.63) is 42.4 Å². The number of rotatable bonds is 4. The van der Waals surface area contributed by atoms with Gasteiger partial charge < -0.3 is 10.5 Å². The van der Waals surface area contributed by atoms with Gasteiger partial charge in [0.2, 0.25) is 0 Å². The molecule has 10 heteroatoms. The van der Waals surface area contributed by atoms with E-state index in [-0.39, 0.29) is 5.82 Å². The third kappa shape index (κ3) is 3.61. The number of aromatic nitrogens is 3. The van der Waals surface area contributed by atoms with Crippen LogP contribution in [0.4, 0.5) is 11.6 Å². The van der Waals surface area contributed by atoms with Crippen molar-refractivity contribution in [2.45, 2.75) is 6.92 Å². The van der Waals surface area contributed by atoms with Gasteiger partial charge in [0.05, 0.1) is 18.9 Å². The van der Waals surface area contributed by atoms with E-state index < -0.39 is 10.2 Å². The number of ether oxygens (including phenoxy) is 1. The summed E-state index contributed by atoms with van der Waals surface area (Å²) >= 11 is 0. The highest BCUT2D eigenvalue weighted by atomic mass is 32.2. The average molecular weight is 400 g/mol. The Kier molecular flexibility index (Phi) is 4.84. The molecule has 1 aliphatic heterocycles. The van der Waals surface area contributed by atoms with Crippen molar-refractivity contribution in [3.8, 4) is 11.3 Å². The maximum atomic E-state index is 12.6. The van der Waals surface area contributed by atoms with Crippen LogP contribution in [-0.4, -0.2) is 54.0 Å². The minimum Gasteiger partial charge on any atom is -0.383 e. The molecule has 0 bridgehead atoms. The molecule has 0 aliphatic carbocycles. The fourth-order valence-electron chi connectivity index (χ4n) is 3.08. The zero-order valence-corrected chi connectivity index (χ0v) is 16.1. The molecule has 9 nitrogen and oxygen atoms in total. The predicted molar refractivity (Wildman–Crippen MR) is 107 cm³/mol. The molecule has 0 radical (unpaired) electrons. The van der Waals surface area contributed by atoms with Gasteiger partial charge in [-0.2, -0.15) is 12.7 Å². The molecule has 4 rings (SSSR count). The summed E-state index contributed by atoms with van der Waals surface area (Å²) in [6.45, 7) is 3.34. The third-order valence-corrected chi connectivity index (χ3v) is 6.12. The number of nitrogens with two attached hydrogens (primary N) is 1. The van der Waals surface area contributed by atoms with E-state index in [0.29, 0.717) is 43.2 Å². The van der Waals surface area contributed by atoms with Gasteiger partial charge in [-0.1, -0.05) is 0 Å². The number of morpholine rings is 1. The number of anilines is 2. The molecule has 1 fully saturated rings. The summed E-state index contributed by atoms with van der Waals surface area (Å²) in [6, 6.07) is 5.40. The van der Waals surface area contributed by atoms with Crippen LogP contribution in [0.2, 0.25) is 0 Å². The summed E-state index contributed by atoms with van der Waals surface area (Å²) in [5, 5.41) is 1.39. The Morgan fingerprint density at radius 3 is 2.75 bits per heavy atom. The van der Waals surface area contributed by atoms with Crippen molar-refractivity contribution in [2.75, 3.05) is 36.8 Å². The second-order valence-electron chi connectivity index (χ2n) is 6.49. The zero-order valence-electron chi connectivity index (χ0n) is 15.3. The third-order valence-electron chi connectivity index (χ3n) is 4.60. The standard InChI is InChI=1S/C18H20N6O3S/c1-12-2-3-20-10-14(12)16-8-13-9-17(21-11-15(13)18(19)22-16)23-28(25,26)24-4-6-27-7-5-24/h2-3,8-11H,4-7H2,1H3,(H2,19,22)(H,21,23). The maximum absolute atomic E-state index is 12.6. The number of nitrogens with zero attached hydrogens (tertiary/aromatic N) is 4. The lowest BCUT2D eigenvalue weighted by Gasteiger charge is -2.26. The second kappa shape index (κ2) is 7.30. The van der Waals surface area contributed by atoms with Crippen LogP contribution >= 0.6 is 0 Å². The van der Waals surface area contributed by atoms with Gasteiger partial charge in [-0.15, -0.1) is 0 Å². The largest absolute Gasteiger partial charge is 0.383 e. The molecule has 3 aromatic rings. The minimum absolute atomic E-state index is 0.221. The van der Waals surface area contributed by atoms with Gasteiger partial charge in [-0.25, -0.2) is 9.97 Å². The van der Waals surface area contributed by atoms with Gasteiger partial charge in [-0.05, 0) is 36.1 Å². The van der Waals surface area contributed by atoms with Crippen LogP contribution in [-0.2, 0) is 14.9 Å². The molecule has 0 unspecified atom stereocenters. The van der Waals surface area contributed by atoms with Gasteiger partial charge in [0.25, 0.3) is 0 Å². The summed E-state index contributed by atoms with van der Waals surface area (Å²) in [4.78, 5) is 12.8. The van der Waals surface area contributed by atoms with Crippen molar-refractivity contribution in [1.29, 1.82) is 0 Å². The van der Waals surface area contributed by atoms with Crippen LogP contribution in [0.3, 0.4) is 0 Å². The highest BCUT2D eigenvalue weighted by molar-refractivity contribution is 7.90. The molecule has 1 saturated heterocycles. The first-order valence-corrected chi connectivity index (χ1v) is 10.2. The smallest absolute Gasteiger partial charge is 0.302 e. The summed E-state index contributed by atoms with van der Waals surface area (Å²) in [5.41, 5.74) is 8.66. The van der Waals surface area contributed by atoms with E-state index in [1.54, 1.807) is 18.5 Å². The number of fused-ring (bicyclic) bond motifs is 1. The summed E-state index contributed by atoms with van der Waals surface area (Å²) in [6.07, 6.45) is 4.96. The molecule has 4 heterocycles. The van der Waals surface area contributed by atoms with Crippen LogP contribution in [0.1, 0.15) is 5.56 Å². The highest BCUT2D eigenvalue weighted by Crippen LogP contribution is 2.28. The van der Waals surface area contributed by atoms with Crippen LogP contribution in [0.5, 0.6) is 0 Å². The summed E-state index contributed by atoms with van der Waals surface area (Å²) < 4.78 is 34.2. The first kappa shape index (κ1) is 18.5. The Bertz CT molecular complexity index is 1130. The van der Waals surface area contributed by atoms with E-state index in [1.807, 2.05) is 19.1 Å². The molecular weight excluding hydrogens is 380 g/mol. The van der Waals surface area contributed by atoms with E-state index in [0.717, 1.165) is 16.5 Å². The van der Waals surface area contributed by atoms with E-state index in [4.69, 9.17) is 10.5 Å². The fourth-order valence-corrected chi connectivity index (χ4v) is 4.22. The van der Waals surface area contributed by atoms with Crippen LogP contribution in [0, 0.1) is 6.92 Å². The Morgan fingerprint density at radius 2 is 2.00 bits per heavy atom. The molecule has 3 N–H and O–H groups in total. The number of nitrogen functional groups attached to an aromatic ring is 1. The van der Waals surface area contributed by atoms with Gasteiger partial charge in [-0.3, -0.25) is 9.71 Å². The molecule has 1 aliphatic rings. The number of hydrogen-bond donors (Lipinski definition) is 2. The molecule has 0 aromatic carbocycles. The average Bonchev–Trinajstić information content (AvgIpc) is 2.68. The minimum atomic E-state index is -3.70. The Hall–Kier alpha value is -2.82. The molecule has 0 atom stereocenters. The lowest BCUT2D eigenvalue weighted by atomic mass is 10.1. The Morgan fingerprint density at radius 1 is 1.21 bits per heavy atom. The normalized spacial score (nSPS) is 15.6. The van der Waals surface area contributed by atoms with Gasteiger partial charge in [0, 0.05) is 42.6 Å². The lowest BCUT2D eigenvalue weighted by Crippen LogP contribution is -2.43. The van der Waals surface area contributed by atoms with Gasteiger partial charge in [0.15, 0.2) is 0 Å². The van der Waals surface area contributed by atoms with Crippen molar-refractivity contribution < 1.29 is 13.2 Å². The van der Waals surface area contributed by atoms with Crippen LogP contribution in [0.15, 0.2) is 36.8 Å². The topological polar surface area (TPSA) is 123 Å². The monoisotopic (exact) mass is 400 g/mol. The van der Waals surface area contributed by atoms with Crippen molar-refractivity contribution >= 4 is 32.6 Å². The number of hydrogen-bond acceptors (Lipinski definition) is 7. The molecule has 0 saturated carbocycles. The maximum Gasteiger partial charge on any atom is 0.302 e. The molecule has 146 valence electrons. The number of nitrogens with one attached hydrogen (secondary N) is 1. The van der Waals surface area contributed by atoms with Crippen LogP contribution in [0.25, 0.3) is 22.0 Å². The predicted octanol–water partition coefficient (Wildman–Crippen LogP) is 1.57. The van der Waals surface area contributed by atoms with E-state index in [1.165, 1.54) is 10.5 Å². The molecule has 3 aromatic heterocycles. The van der Waals surface area contributed by atoms with E-state index in [2.05, 4.69) is 19.7 Å².